The molecule has 0 spiro atoms. The van der Waals surface area contributed by atoms with Gasteiger partial charge in [0, 0.05) is 14.8 Å². The minimum Gasteiger partial charge on any atom is -0.288 e. The Morgan fingerprint density at radius 2 is 1.71 bits per heavy atom. The van der Waals surface area contributed by atoms with Gasteiger partial charge in [-0.25, -0.2) is 8.78 Å². The molecule has 4 heteroatoms. The van der Waals surface area contributed by atoms with E-state index < -0.39 is 17.1 Å². The van der Waals surface area contributed by atoms with E-state index in [-0.39, 0.29) is 5.39 Å². The Kier molecular flexibility index (Phi) is 2.19. The number of hydrogen-bond donors (Lipinski definition) is 0. The third-order valence-electron chi connectivity index (χ3n) is 2.64. The van der Waals surface area contributed by atoms with Crippen LogP contribution in [0, 0.1) is 11.6 Å². The Morgan fingerprint density at radius 1 is 0.941 bits per heavy atom. The number of rotatable bonds is 0. The number of halogens is 2. The van der Waals surface area contributed by atoms with E-state index >= 15 is 0 Å². The van der Waals surface area contributed by atoms with Gasteiger partial charge in [-0.15, -0.1) is 11.3 Å². The molecule has 3 aromatic rings. The molecule has 0 amide bonds. The average molecular weight is 248 g/mol. The predicted octanol–water partition coefficient (Wildman–Crippen LogP) is 3.69. The summed E-state index contributed by atoms with van der Waals surface area (Å²) in [6, 6.07) is 9.41. The van der Waals surface area contributed by atoms with Crippen LogP contribution in [0.3, 0.4) is 0 Å². The molecule has 17 heavy (non-hydrogen) atoms. The second kappa shape index (κ2) is 3.60. The molecule has 1 nitrogen and oxygen atoms in total. The van der Waals surface area contributed by atoms with Crippen LogP contribution in [0.2, 0.25) is 0 Å². The number of benzene rings is 2. The first-order valence-electron chi connectivity index (χ1n) is 4.98. The Balaban J connectivity index is 2.66. The van der Waals surface area contributed by atoms with Gasteiger partial charge in [0.1, 0.15) is 0 Å². The molecule has 0 aliphatic carbocycles. The highest BCUT2D eigenvalue weighted by molar-refractivity contribution is 7.24. The molecule has 0 saturated heterocycles. The van der Waals surface area contributed by atoms with Crippen LogP contribution in [0.15, 0.2) is 41.2 Å². The van der Waals surface area contributed by atoms with Crippen LogP contribution in [0.4, 0.5) is 8.78 Å². The van der Waals surface area contributed by atoms with Crippen molar-refractivity contribution in [1.82, 2.24) is 0 Å². The highest BCUT2D eigenvalue weighted by Crippen LogP contribution is 2.26. The first kappa shape index (κ1) is 10.4. The topological polar surface area (TPSA) is 17.1 Å². The number of fused-ring (bicyclic) bond motifs is 2. The Bertz CT molecular complexity index is 792. The lowest BCUT2D eigenvalue weighted by atomic mass is 10.2. The maximum Gasteiger partial charge on any atom is 0.198 e. The monoisotopic (exact) mass is 248 g/mol. The summed E-state index contributed by atoms with van der Waals surface area (Å²) in [6.45, 7) is 0. The maximum absolute atomic E-state index is 13.6. The summed E-state index contributed by atoms with van der Waals surface area (Å²) in [5, 5.41) is 0.267. The van der Waals surface area contributed by atoms with Crippen LogP contribution in [-0.4, -0.2) is 0 Å². The molecule has 0 saturated carbocycles. The smallest absolute Gasteiger partial charge is 0.198 e. The van der Waals surface area contributed by atoms with Crippen LogP contribution < -0.4 is 5.43 Å². The van der Waals surface area contributed by atoms with Crippen molar-refractivity contribution >= 4 is 31.5 Å². The largest absolute Gasteiger partial charge is 0.288 e. The van der Waals surface area contributed by atoms with Crippen LogP contribution in [0.25, 0.3) is 20.2 Å². The summed E-state index contributed by atoms with van der Waals surface area (Å²) in [5.41, 5.74) is -0.452. The fraction of sp³-hybridized carbons (Fsp3) is 0. The second-order valence-corrected chi connectivity index (χ2v) is 4.75. The van der Waals surface area contributed by atoms with E-state index in [9.17, 15) is 13.6 Å². The van der Waals surface area contributed by atoms with Gasteiger partial charge in [0.05, 0.1) is 5.39 Å². The summed E-state index contributed by atoms with van der Waals surface area (Å²) in [7, 11) is 0. The first-order valence-corrected chi connectivity index (χ1v) is 5.79. The molecule has 0 atom stereocenters. The van der Waals surface area contributed by atoms with E-state index in [2.05, 4.69) is 0 Å². The van der Waals surface area contributed by atoms with Crippen molar-refractivity contribution in [2.24, 2.45) is 0 Å². The lowest BCUT2D eigenvalue weighted by Gasteiger charge is -2.02. The molecule has 0 aliphatic heterocycles. The second-order valence-electron chi connectivity index (χ2n) is 3.66. The molecule has 0 aliphatic rings. The van der Waals surface area contributed by atoms with Crippen molar-refractivity contribution in [2.45, 2.75) is 0 Å². The van der Waals surface area contributed by atoms with E-state index in [1.54, 1.807) is 18.2 Å². The van der Waals surface area contributed by atoms with E-state index in [1.807, 2.05) is 6.07 Å². The standard InChI is InChI=1S/C13H6F2OS/c14-8-5-6-10-11(12(8)15)13(16)7-3-1-2-4-9(7)17-10/h1-6H. The predicted molar refractivity (Wildman–Crippen MR) is 65.5 cm³/mol. The average Bonchev–Trinajstić information content (AvgIpc) is 2.34. The zero-order chi connectivity index (χ0) is 12.0. The van der Waals surface area contributed by atoms with Gasteiger partial charge >= 0.3 is 0 Å². The van der Waals surface area contributed by atoms with Crippen LogP contribution in [-0.2, 0) is 0 Å². The van der Waals surface area contributed by atoms with Gasteiger partial charge in [-0.2, -0.15) is 0 Å². The molecule has 0 fully saturated rings. The zero-order valence-corrected chi connectivity index (χ0v) is 9.35. The SMILES string of the molecule is O=c1c2ccccc2sc2ccc(F)c(F)c12. The lowest BCUT2D eigenvalue weighted by Crippen LogP contribution is -2.04. The molecular formula is C13H6F2OS. The van der Waals surface area contributed by atoms with Crippen LogP contribution in [0.5, 0.6) is 0 Å². The fourth-order valence-electron chi connectivity index (χ4n) is 1.83. The van der Waals surface area contributed by atoms with Gasteiger partial charge < -0.3 is 0 Å². The zero-order valence-electron chi connectivity index (χ0n) is 8.54. The van der Waals surface area contributed by atoms with Gasteiger partial charge in [0.25, 0.3) is 0 Å². The highest BCUT2D eigenvalue weighted by atomic mass is 32.1. The summed E-state index contributed by atoms with van der Waals surface area (Å²) in [6.07, 6.45) is 0. The third-order valence-corrected chi connectivity index (χ3v) is 3.77. The summed E-state index contributed by atoms with van der Waals surface area (Å²) >= 11 is 1.28. The molecule has 1 heterocycles. The number of hydrogen-bond acceptors (Lipinski definition) is 2. The molecule has 0 radical (unpaired) electrons. The molecule has 0 bridgehead atoms. The normalized spacial score (nSPS) is 11.2. The van der Waals surface area contributed by atoms with E-state index in [0.717, 1.165) is 10.8 Å². The fourth-order valence-corrected chi connectivity index (χ4v) is 2.90. The third kappa shape index (κ3) is 1.45. The molecule has 0 unspecified atom stereocenters. The van der Waals surface area contributed by atoms with E-state index in [1.165, 1.54) is 17.4 Å². The van der Waals surface area contributed by atoms with E-state index in [4.69, 9.17) is 0 Å². The maximum atomic E-state index is 13.6. The molecule has 1 aromatic heterocycles. The molecule has 0 N–H and O–H groups in total. The summed E-state index contributed by atoms with van der Waals surface area (Å²) in [4.78, 5) is 12.1. The van der Waals surface area contributed by atoms with Gasteiger partial charge in [-0.3, -0.25) is 4.79 Å². The van der Waals surface area contributed by atoms with Gasteiger partial charge in [0.15, 0.2) is 17.1 Å². The molecule has 84 valence electrons. The van der Waals surface area contributed by atoms with E-state index in [0.29, 0.717) is 10.1 Å². The van der Waals surface area contributed by atoms with Crippen molar-refractivity contribution in [1.29, 1.82) is 0 Å². The molecule has 3 rings (SSSR count). The quantitative estimate of drug-likeness (QED) is 0.554. The van der Waals surface area contributed by atoms with Crippen molar-refractivity contribution < 1.29 is 8.78 Å². The van der Waals surface area contributed by atoms with Crippen molar-refractivity contribution in [3.8, 4) is 0 Å². The van der Waals surface area contributed by atoms with Crippen molar-refractivity contribution in [2.75, 3.05) is 0 Å². The highest BCUT2D eigenvalue weighted by Gasteiger charge is 2.13. The minimum atomic E-state index is -1.06. The van der Waals surface area contributed by atoms with Crippen LogP contribution in [0.1, 0.15) is 0 Å². The van der Waals surface area contributed by atoms with Gasteiger partial charge in [-0.1, -0.05) is 12.1 Å². The van der Waals surface area contributed by atoms with Crippen molar-refractivity contribution in [3.05, 3.63) is 58.3 Å². The Morgan fingerprint density at radius 3 is 2.53 bits per heavy atom. The summed E-state index contributed by atoms with van der Waals surface area (Å²) < 4.78 is 28.0. The Hall–Kier alpha value is -1.81. The van der Waals surface area contributed by atoms with Gasteiger partial charge in [0.2, 0.25) is 0 Å². The molecule has 2 aromatic carbocycles. The van der Waals surface area contributed by atoms with Gasteiger partial charge in [-0.05, 0) is 24.3 Å². The minimum absolute atomic E-state index is 0.159. The van der Waals surface area contributed by atoms with Crippen LogP contribution >= 0.6 is 11.3 Å². The Labute approximate surface area is 98.9 Å². The lowest BCUT2D eigenvalue weighted by molar-refractivity contribution is 0.517. The van der Waals surface area contributed by atoms with Crippen molar-refractivity contribution in [3.63, 3.8) is 0 Å². The summed E-state index contributed by atoms with van der Waals surface area (Å²) in [5.74, 6) is -2.05. The molecular weight excluding hydrogens is 242 g/mol. The first-order chi connectivity index (χ1) is 8.18.